The lowest BCUT2D eigenvalue weighted by Crippen LogP contribution is -2.44. The molecule has 0 spiro atoms. The predicted octanol–water partition coefficient (Wildman–Crippen LogP) is 10.4. The molecular formula is C40H60O2. The summed E-state index contributed by atoms with van der Waals surface area (Å²) in [5, 5.41) is 20.9. The van der Waals surface area contributed by atoms with Crippen LogP contribution in [0.4, 0.5) is 0 Å². The maximum Gasteiger partial charge on any atom is 0.0500 e. The SMILES string of the molecule is CC(C=CC1=C(C)CCCC1(C)C)=C/C=C/C1(C)C(C=C(C)C=CC2=C(C)CCCC2(C)C)C=C(C)C(CO)C1CO. The fourth-order valence-corrected chi connectivity index (χ4v) is 7.89. The van der Waals surface area contributed by atoms with Gasteiger partial charge in [0.25, 0.3) is 0 Å². The minimum Gasteiger partial charge on any atom is -0.396 e. The summed E-state index contributed by atoms with van der Waals surface area (Å²) in [6.45, 7) is 22.8. The number of allylic oxidation sites excluding steroid dienone is 15. The van der Waals surface area contributed by atoms with Gasteiger partial charge in [-0.15, -0.1) is 0 Å². The predicted molar refractivity (Wildman–Crippen MR) is 182 cm³/mol. The molecule has 2 heteroatoms. The van der Waals surface area contributed by atoms with Gasteiger partial charge in [-0.05, 0) is 95.1 Å². The molecule has 4 unspecified atom stereocenters. The summed E-state index contributed by atoms with van der Waals surface area (Å²) >= 11 is 0. The van der Waals surface area contributed by atoms with Crippen LogP contribution in [0, 0.1) is 34.0 Å². The maximum atomic E-state index is 10.6. The number of aliphatic hydroxyl groups excluding tert-OH is 2. The van der Waals surface area contributed by atoms with Crippen LogP contribution in [0.1, 0.15) is 108 Å². The number of aliphatic hydroxyl groups is 2. The van der Waals surface area contributed by atoms with Crippen molar-refractivity contribution in [1.29, 1.82) is 0 Å². The van der Waals surface area contributed by atoms with Crippen molar-refractivity contribution in [3.63, 3.8) is 0 Å². The van der Waals surface area contributed by atoms with Gasteiger partial charge in [-0.3, -0.25) is 0 Å². The quantitative estimate of drug-likeness (QED) is 0.213. The molecule has 2 nitrogen and oxygen atoms in total. The molecular weight excluding hydrogens is 512 g/mol. The Morgan fingerprint density at radius 1 is 0.810 bits per heavy atom. The Balaban J connectivity index is 1.93. The Bertz CT molecular complexity index is 1220. The van der Waals surface area contributed by atoms with Crippen molar-refractivity contribution >= 4 is 0 Å². The molecule has 42 heavy (non-hydrogen) atoms. The Morgan fingerprint density at radius 3 is 1.81 bits per heavy atom. The van der Waals surface area contributed by atoms with E-state index in [1.54, 1.807) is 0 Å². The van der Waals surface area contributed by atoms with E-state index in [9.17, 15) is 10.2 Å². The third kappa shape index (κ3) is 7.86. The van der Waals surface area contributed by atoms with Gasteiger partial charge in [0.1, 0.15) is 0 Å². The molecule has 3 aliphatic carbocycles. The van der Waals surface area contributed by atoms with Crippen molar-refractivity contribution in [2.75, 3.05) is 13.2 Å². The third-order valence-corrected chi connectivity index (χ3v) is 10.8. The van der Waals surface area contributed by atoms with Crippen LogP contribution in [0.25, 0.3) is 0 Å². The van der Waals surface area contributed by atoms with Gasteiger partial charge in [-0.25, -0.2) is 0 Å². The summed E-state index contributed by atoms with van der Waals surface area (Å²) in [5.41, 5.74) is 9.71. The topological polar surface area (TPSA) is 40.5 Å². The summed E-state index contributed by atoms with van der Waals surface area (Å²) < 4.78 is 0. The fraction of sp³-hybridized carbons (Fsp3) is 0.600. The average molecular weight is 573 g/mol. The highest BCUT2D eigenvalue weighted by Gasteiger charge is 2.45. The van der Waals surface area contributed by atoms with Gasteiger partial charge in [0, 0.05) is 36.4 Å². The number of hydrogen-bond acceptors (Lipinski definition) is 2. The highest BCUT2D eigenvalue weighted by Crippen LogP contribution is 2.49. The molecule has 3 aliphatic rings. The molecule has 0 aliphatic heterocycles. The van der Waals surface area contributed by atoms with Crippen molar-refractivity contribution in [2.24, 2.45) is 34.0 Å². The van der Waals surface area contributed by atoms with Crippen molar-refractivity contribution in [1.82, 2.24) is 0 Å². The summed E-state index contributed by atoms with van der Waals surface area (Å²) in [4.78, 5) is 0. The first-order valence-corrected chi connectivity index (χ1v) is 16.4. The molecule has 0 aromatic carbocycles. The first-order chi connectivity index (χ1) is 19.7. The van der Waals surface area contributed by atoms with E-state index in [0.717, 1.165) is 0 Å². The van der Waals surface area contributed by atoms with Crippen LogP contribution in [0.15, 0.2) is 93.7 Å². The molecule has 0 saturated heterocycles. The largest absolute Gasteiger partial charge is 0.396 e. The molecule has 4 atom stereocenters. The first kappa shape index (κ1) is 34.3. The second-order valence-electron chi connectivity index (χ2n) is 15.1. The summed E-state index contributed by atoms with van der Waals surface area (Å²) in [6, 6.07) is 0. The van der Waals surface area contributed by atoms with Crippen molar-refractivity contribution < 1.29 is 10.2 Å². The average Bonchev–Trinajstić information content (AvgIpc) is 2.89. The first-order valence-electron chi connectivity index (χ1n) is 16.4. The van der Waals surface area contributed by atoms with E-state index in [1.807, 2.05) is 0 Å². The van der Waals surface area contributed by atoms with Gasteiger partial charge in [0.2, 0.25) is 0 Å². The second-order valence-corrected chi connectivity index (χ2v) is 15.1. The standard InChI is InChI=1S/C40H60O2/c1-28(17-19-35-30(3)15-12-21-38(35,6)7)14-11-23-40(10)33(25-32(5)34(26-41)37(40)27-42)24-29(2)18-20-36-31(4)16-13-22-39(36,8)9/h11,14,17-20,23-25,33-34,37,41-42H,12-13,15-16,21-22,26-27H2,1-10H3/b19-17?,20-18?,23-11+,28-14?,29-24?. The fourth-order valence-electron chi connectivity index (χ4n) is 7.89. The Morgan fingerprint density at radius 2 is 1.33 bits per heavy atom. The zero-order valence-electron chi connectivity index (χ0n) is 28.5. The molecule has 0 fully saturated rings. The van der Waals surface area contributed by atoms with Crippen LogP contribution < -0.4 is 0 Å². The third-order valence-electron chi connectivity index (χ3n) is 10.8. The zero-order valence-corrected chi connectivity index (χ0v) is 28.5. The Kier molecular flexibility index (Phi) is 11.5. The lowest BCUT2D eigenvalue weighted by Gasteiger charge is -2.47. The molecule has 3 rings (SSSR count). The van der Waals surface area contributed by atoms with Gasteiger partial charge >= 0.3 is 0 Å². The summed E-state index contributed by atoms with van der Waals surface area (Å²) in [6.07, 6.45) is 27.9. The molecule has 0 aromatic heterocycles. The minimum absolute atomic E-state index is 0.0435. The number of rotatable bonds is 9. The van der Waals surface area contributed by atoms with Crippen molar-refractivity contribution in [3.8, 4) is 0 Å². The Hall–Kier alpha value is -2.16. The van der Waals surface area contributed by atoms with Crippen LogP contribution in [-0.4, -0.2) is 23.4 Å². The van der Waals surface area contributed by atoms with E-state index in [4.69, 9.17) is 0 Å². The molecule has 232 valence electrons. The molecule has 0 amide bonds. The van der Waals surface area contributed by atoms with E-state index in [2.05, 4.69) is 124 Å². The molecule has 0 heterocycles. The van der Waals surface area contributed by atoms with Gasteiger partial charge in [0.15, 0.2) is 0 Å². The van der Waals surface area contributed by atoms with Crippen molar-refractivity contribution in [2.45, 2.75) is 108 Å². The van der Waals surface area contributed by atoms with Gasteiger partial charge in [-0.1, -0.05) is 117 Å². The molecule has 2 N–H and O–H groups in total. The van der Waals surface area contributed by atoms with E-state index in [0.29, 0.717) is 0 Å². The van der Waals surface area contributed by atoms with E-state index >= 15 is 0 Å². The summed E-state index contributed by atoms with van der Waals surface area (Å²) in [5.74, 6) is 0.00592. The molecule has 0 bridgehead atoms. The minimum atomic E-state index is -0.332. The lowest BCUT2D eigenvalue weighted by molar-refractivity contribution is 0.0443. The van der Waals surface area contributed by atoms with Crippen molar-refractivity contribution in [3.05, 3.63) is 93.7 Å². The van der Waals surface area contributed by atoms with E-state index in [-0.39, 0.29) is 47.2 Å². The highest BCUT2D eigenvalue weighted by atomic mass is 16.3. The molecule has 0 saturated carbocycles. The van der Waals surface area contributed by atoms with Gasteiger partial charge in [0.05, 0.1) is 0 Å². The lowest BCUT2D eigenvalue weighted by atomic mass is 9.58. The van der Waals surface area contributed by atoms with Crippen LogP contribution in [0.3, 0.4) is 0 Å². The van der Waals surface area contributed by atoms with Crippen LogP contribution in [-0.2, 0) is 0 Å². The highest BCUT2D eigenvalue weighted by molar-refractivity contribution is 5.39. The smallest absolute Gasteiger partial charge is 0.0500 e. The molecule has 0 aromatic rings. The molecule has 0 radical (unpaired) electrons. The van der Waals surface area contributed by atoms with E-state index in [1.165, 1.54) is 77.5 Å². The van der Waals surface area contributed by atoms with Crippen LogP contribution >= 0.6 is 0 Å². The van der Waals surface area contributed by atoms with Crippen LogP contribution in [0.2, 0.25) is 0 Å². The summed E-state index contributed by atoms with van der Waals surface area (Å²) in [7, 11) is 0. The normalized spacial score (nSPS) is 31.1. The zero-order chi connectivity index (χ0) is 31.3. The van der Waals surface area contributed by atoms with Crippen LogP contribution in [0.5, 0.6) is 0 Å². The monoisotopic (exact) mass is 572 g/mol. The maximum absolute atomic E-state index is 10.6. The van der Waals surface area contributed by atoms with E-state index < -0.39 is 0 Å². The second kappa shape index (κ2) is 14.1. The number of hydrogen-bond donors (Lipinski definition) is 2. The Labute approximate surface area is 258 Å². The van der Waals surface area contributed by atoms with Gasteiger partial charge in [-0.2, -0.15) is 0 Å². The van der Waals surface area contributed by atoms with Gasteiger partial charge < -0.3 is 10.2 Å².